The van der Waals surface area contributed by atoms with E-state index in [0.717, 1.165) is 57.7 Å². The first-order chi connectivity index (χ1) is 12.7. The van der Waals surface area contributed by atoms with Crippen LogP contribution in [0.2, 0.25) is 0 Å². The van der Waals surface area contributed by atoms with E-state index in [4.69, 9.17) is 14.2 Å². The molecular weight excluding hydrogens is 332 g/mol. The van der Waals surface area contributed by atoms with E-state index in [0.29, 0.717) is 19.1 Å². The van der Waals surface area contributed by atoms with Crippen LogP contribution in [0.5, 0.6) is 0 Å². The fraction of sp³-hybridized carbons (Fsp3) is 0.700. The summed E-state index contributed by atoms with van der Waals surface area (Å²) in [5.41, 5.74) is 0.891. The summed E-state index contributed by atoms with van der Waals surface area (Å²) in [6, 6.07) is 5.87. The highest BCUT2D eigenvalue weighted by atomic mass is 16.5. The van der Waals surface area contributed by atoms with E-state index in [1.54, 1.807) is 6.20 Å². The van der Waals surface area contributed by atoms with Crippen LogP contribution in [-0.2, 0) is 25.6 Å². The second-order valence-electron chi connectivity index (χ2n) is 7.08. The number of piperidine rings is 1. The normalized spacial score (nSPS) is 22.0. The summed E-state index contributed by atoms with van der Waals surface area (Å²) < 4.78 is 17.2. The Morgan fingerprint density at radius 1 is 1.35 bits per heavy atom. The lowest BCUT2D eigenvalue weighted by Gasteiger charge is -2.42. The number of rotatable bonds is 8. The van der Waals surface area contributed by atoms with Crippen molar-refractivity contribution >= 4 is 5.91 Å². The molecule has 0 saturated carbocycles. The number of amides is 1. The van der Waals surface area contributed by atoms with Gasteiger partial charge in [-0.05, 0) is 50.7 Å². The van der Waals surface area contributed by atoms with Crippen LogP contribution in [0.15, 0.2) is 24.4 Å². The number of aromatic nitrogens is 1. The summed E-state index contributed by atoms with van der Waals surface area (Å²) >= 11 is 0. The standard InChI is InChI=1S/C20H30N2O4/c1-2-24-16-19(23)22-11-8-20(9-12-22)17(7-14-26-20)6-13-25-15-18-5-3-4-10-21-18/h3-5,10,17H,2,6-9,11-16H2,1H3/t17-/m1/s1. The number of nitrogens with zero attached hydrogens (tertiary/aromatic N) is 2. The Morgan fingerprint density at radius 2 is 2.19 bits per heavy atom. The molecule has 2 aliphatic rings. The number of hydrogen-bond acceptors (Lipinski definition) is 5. The number of carbonyl (C=O) groups excluding carboxylic acids is 1. The third-order valence-corrected chi connectivity index (χ3v) is 5.58. The van der Waals surface area contributed by atoms with E-state index in [9.17, 15) is 4.79 Å². The zero-order valence-corrected chi connectivity index (χ0v) is 15.7. The van der Waals surface area contributed by atoms with Crippen LogP contribution < -0.4 is 0 Å². The van der Waals surface area contributed by atoms with Crippen molar-refractivity contribution < 1.29 is 19.0 Å². The van der Waals surface area contributed by atoms with E-state index in [1.807, 2.05) is 30.0 Å². The zero-order valence-electron chi connectivity index (χ0n) is 15.7. The third kappa shape index (κ3) is 4.81. The monoisotopic (exact) mass is 362 g/mol. The number of ether oxygens (including phenoxy) is 3. The maximum atomic E-state index is 12.1. The highest BCUT2D eigenvalue weighted by molar-refractivity contribution is 5.77. The predicted molar refractivity (Wildman–Crippen MR) is 97.6 cm³/mol. The van der Waals surface area contributed by atoms with Gasteiger partial charge in [0.1, 0.15) is 6.61 Å². The van der Waals surface area contributed by atoms with Gasteiger partial charge >= 0.3 is 0 Å². The number of hydrogen-bond donors (Lipinski definition) is 0. The molecule has 0 N–H and O–H groups in total. The van der Waals surface area contributed by atoms with Crippen molar-refractivity contribution in [2.24, 2.45) is 5.92 Å². The van der Waals surface area contributed by atoms with Gasteiger partial charge in [-0.25, -0.2) is 0 Å². The molecule has 6 heteroatoms. The summed E-state index contributed by atoms with van der Waals surface area (Å²) in [4.78, 5) is 18.3. The predicted octanol–water partition coefficient (Wildman–Crippen LogP) is 2.42. The smallest absolute Gasteiger partial charge is 0.248 e. The van der Waals surface area contributed by atoms with Crippen LogP contribution in [0.1, 0.15) is 38.3 Å². The molecular formula is C20H30N2O4. The SMILES string of the molecule is CCOCC(=O)N1CCC2(CC1)OCC[C@H]2CCOCc1ccccn1. The maximum absolute atomic E-state index is 12.1. The molecule has 0 unspecified atom stereocenters. The van der Waals surface area contributed by atoms with Gasteiger partial charge < -0.3 is 19.1 Å². The number of pyridine rings is 1. The number of carbonyl (C=O) groups is 1. The molecule has 0 aromatic carbocycles. The molecule has 0 aliphatic carbocycles. The van der Waals surface area contributed by atoms with Crippen LogP contribution in [-0.4, -0.2) is 60.9 Å². The number of likely N-dealkylation sites (tertiary alicyclic amines) is 1. The van der Waals surface area contributed by atoms with E-state index >= 15 is 0 Å². The van der Waals surface area contributed by atoms with Gasteiger partial charge in [0.15, 0.2) is 0 Å². The van der Waals surface area contributed by atoms with E-state index < -0.39 is 0 Å². The van der Waals surface area contributed by atoms with Crippen LogP contribution in [0.25, 0.3) is 0 Å². The van der Waals surface area contributed by atoms with Crippen molar-refractivity contribution in [3.8, 4) is 0 Å². The largest absolute Gasteiger partial charge is 0.375 e. The molecule has 0 radical (unpaired) electrons. The van der Waals surface area contributed by atoms with Crippen molar-refractivity contribution in [3.05, 3.63) is 30.1 Å². The molecule has 1 amide bonds. The lowest BCUT2D eigenvalue weighted by molar-refractivity contribution is -0.142. The van der Waals surface area contributed by atoms with E-state index in [-0.39, 0.29) is 18.1 Å². The Hall–Kier alpha value is -1.50. The zero-order chi connectivity index (χ0) is 18.2. The maximum Gasteiger partial charge on any atom is 0.248 e. The molecule has 1 spiro atoms. The average molecular weight is 362 g/mol. The van der Waals surface area contributed by atoms with Crippen molar-refractivity contribution in [1.82, 2.24) is 9.88 Å². The van der Waals surface area contributed by atoms with Gasteiger partial charge in [-0.1, -0.05) is 6.07 Å². The molecule has 2 saturated heterocycles. The molecule has 3 rings (SSSR count). The molecule has 0 bridgehead atoms. The minimum absolute atomic E-state index is 0.0727. The first-order valence-electron chi connectivity index (χ1n) is 9.70. The quantitative estimate of drug-likeness (QED) is 0.665. The van der Waals surface area contributed by atoms with Crippen LogP contribution in [0.3, 0.4) is 0 Å². The van der Waals surface area contributed by atoms with Gasteiger partial charge in [0, 0.05) is 39.1 Å². The van der Waals surface area contributed by atoms with Crippen molar-refractivity contribution in [2.45, 2.75) is 44.8 Å². The molecule has 2 aliphatic heterocycles. The van der Waals surface area contributed by atoms with Crippen LogP contribution >= 0.6 is 0 Å². The second-order valence-corrected chi connectivity index (χ2v) is 7.08. The fourth-order valence-corrected chi connectivity index (χ4v) is 4.05. The molecule has 144 valence electrons. The second kappa shape index (κ2) is 9.44. The minimum Gasteiger partial charge on any atom is -0.375 e. The van der Waals surface area contributed by atoms with Gasteiger partial charge in [-0.15, -0.1) is 0 Å². The first-order valence-corrected chi connectivity index (χ1v) is 9.70. The molecule has 3 heterocycles. The van der Waals surface area contributed by atoms with Crippen molar-refractivity contribution in [3.63, 3.8) is 0 Å². The summed E-state index contributed by atoms with van der Waals surface area (Å²) in [6.45, 7) is 6.29. The Morgan fingerprint density at radius 3 is 2.92 bits per heavy atom. The van der Waals surface area contributed by atoms with Crippen LogP contribution in [0.4, 0.5) is 0 Å². The first kappa shape index (κ1) is 19.3. The summed E-state index contributed by atoms with van der Waals surface area (Å²) in [5, 5.41) is 0. The minimum atomic E-state index is -0.0727. The molecule has 1 aromatic heterocycles. The summed E-state index contributed by atoms with van der Waals surface area (Å²) in [7, 11) is 0. The molecule has 1 atom stereocenters. The van der Waals surface area contributed by atoms with Crippen molar-refractivity contribution in [2.75, 3.05) is 39.5 Å². The Kier molecular flexibility index (Phi) is 7.00. The van der Waals surface area contributed by atoms with Gasteiger partial charge in [-0.3, -0.25) is 9.78 Å². The highest BCUT2D eigenvalue weighted by Gasteiger charge is 2.46. The lowest BCUT2D eigenvalue weighted by atomic mass is 9.78. The Balaban J connectivity index is 1.42. The van der Waals surface area contributed by atoms with E-state index in [2.05, 4.69) is 4.98 Å². The Labute approximate surface area is 155 Å². The molecule has 26 heavy (non-hydrogen) atoms. The molecule has 2 fully saturated rings. The summed E-state index contributed by atoms with van der Waals surface area (Å²) in [5.74, 6) is 0.602. The van der Waals surface area contributed by atoms with Crippen molar-refractivity contribution in [1.29, 1.82) is 0 Å². The van der Waals surface area contributed by atoms with Gasteiger partial charge in [-0.2, -0.15) is 0 Å². The summed E-state index contributed by atoms with van der Waals surface area (Å²) in [6.07, 6.45) is 5.70. The molecule has 6 nitrogen and oxygen atoms in total. The van der Waals surface area contributed by atoms with Gasteiger partial charge in [0.2, 0.25) is 5.91 Å². The van der Waals surface area contributed by atoms with E-state index in [1.165, 1.54) is 0 Å². The van der Waals surface area contributed by atoms with Gasteiger partial charge in [0.05, 0.1) is 17.9 Å². The van der Waals surface area contributed by atoms with Crippen LogP contribution in [0, 0.1) is 5.92 Å². The Bertz CT molecular complexity index is 558. The average Bonchev–Trinajstić information content (AvgIpc) is 3.06. The fourth-order valence-electron chi connectivity index (χ4n) is 4.05. The lowest BCUT2D eigenvalue weighted by Crippen LogP contribution is -2.50. The highest BCUT2D eigenvalue weighted by Crippen LogP contribution is 2.42. The van der Waals surface area contributed by atoms with Gasteiger partial charge in [0.25, 0.3) is 0 Å². The third-order valence-electron chi connectivity index (χ3n) is 5.58. The topological polar surface area (TPSA) is 60.9 Å². The molecule has 1 aromatic rings.